The van der Waals surface area contributed by atoms with Gasteiger partial charge >= 0.3 is 6.01 Å². The van der Waals surface area contributed by atoms with Crippen molar-refractivity contribution < 1.29 is 4.74 Å². The van der Waals surface area contributed by atoms with Crippen molar-refractivity contribution >= 4 is 11.6 Å². The largest absolute Gasteiger partial charge is 0.455 e. The maximum atomic E-state index is 5.92. The van der Waals surface area contributed by atoms with Crippen molar-refractivity contribution in [3.8, 4) is 11.7 Å². The molecule has 0 N–H and O–H groups in total. The first-order chi connectivity index (χ1) is 9.72. The molecule has 0 saturated carbocycles. The van der Waals surface area contributed by atoms with E-state index in [1.54, 1.807) is 30.1 Å². The van der Waals surface area contributed by atoms with Crippen LogP contribution in [0.3, 0.4) is 0 Å². The van der Waals surface area contributed by atoms with E-state index in [0.717, 1.165) is 5.69 Å². The topological polar surface area (TPSA) is 83.5 Å². The molecule has 0 amide bonds. The van der Waals surface area contributed by atoms with Gasteiger partial charge in [-0.15, -0.1) is 20.1 Å². The van der Waals surface area contributed by atoms with Gasteiger partial charge in [0, 0.05) is 12.1 Å². The first-order valence-electron chi connectivity index (χ1n) is 5.74. The highest BCUT2D eigenvalue weighted by molar-refractivity contribution is 6.30. The van der Waals surface area contributed by atoms with Gasteiger partial charge in [-0.05, 0) is 23.4 Å². The van der Waals surface area contributed by atoms with Crippen molar-refractivity contribution in [1.82, 2.24) is 35.0 Å². The fraction of sp³-hybridized carbons (Fsp3) is 0.182. The number of aromatic nitrogens is 7. The van der Waals surface area contributed by atoms with E-state index in [1.165, 1.54) is 4.80 Å². The Morgan fingerprint density at radius 2 is 2.20 bits per heavy atom. The van der Waals surface area contributed by atoms with E-state index >= 15 is 0 Å². The Kier molecular flexibility index (Phi) is 3.30. The Labute approximate surface area is 119 Å². The molecule has 0 aliphatic heterocycles. The summed E-state index contributed by atoms with van der Waals surface area (Å²) in [5, 5.41) is 20.2. The molecule has 3 aromatic rings. The van der Waals surface area contributed by atoms with Crippen molar-refractivity contribution in [3.05, 3.63) is 41.4 Å². The fourth-order valence-corrected chi connectivity index (χ4v) is 1.73. The minimum atomic E-state index is 0.160. The first kappa shape index (κ1) is 12.5. The number of hydrogen-bond donors (Lipinski definition) is 0. The molecule has 0 aliphatic rings. The Balaban J connectivity index is 1.72. The lowest BCUT2D eigenvalue weighted by Gasteiger charge is -2.00. The van der Waals surface area contributed by atoms with Crippen molar-refractivity contribution in [2.75, 3.05) is 0 Å². The third-order valence-corrected chi connectivity index (χ3v) is 2.73. The first-order valence-corrected chi connectivity index (χ1v) is 6.12. The standard InChI is InChI=1S/C11H10ClN7O/c1-18-7-13-15-11(18)20-6-10-14-17-19(16-10)9-4-2-3-8(12)5-9/h2-5,7H,6H2,1H3. The number of rotatable bonds is 4. The average Bonchev–Trinajstić information content (AvgIpc) is 3.05. The van der Waals surface area contributed by atoms with Gasteiger partial charge in [0.2, 0.25) is 5.82 Å². The van der Waals surface area contributed by atoms with E-state index in [1.807, 2.05) is 12.1 Å². The fourth-order valence-electron chi connectivity index (χ4n) is 1.54. The zero-order valence-electron chi connectivity index (χ0n) is 10.5. The van der Waals surface area contributed by atoms with Crippen LogP contribution < -0.4 is 4.74 Å². The van der Waals surface area contributed by atoms with Gasteiger partial charge < -0.3 is 4.74 Å². The van der Waals surface area contributed by atoms with Gasteiger partial charge in [-0.25, -0.2) is 0 Å². The van der Waals surface area contributed by atoms with E-state index in [0.29, 0.717) is 16.9 Å². The third-order valence-electron chi connectivity index (χ3n) is 2.49. The van der Waals surface area contributed by atoms with Crippen LogP contribution in [0.15, 0.2) is 30.6 Å². The van der Waals surface area contributed by atoms with Crippen LogP contribution in [-0.2, 0) is 13.7 Å². The van der Waals surface area contributed by atoms with Gasteiger partial charge in [0.25, 0.3) is 0 Å². The zero-order valence-corrected chi connectivity index (χ0v) is 11.3. The van der Waals surface area contributed by atoms with E-state index in [2.05, 4.69) is 25.6 Å². The molecular formula is C11H10ClN7O. The molecule has 3 rings (SSSR count). The number of ether oxygens (including phenoxy) is 1. The Hall–Kier alpha value is -2.48. The van der Waals surface area contributed by atoms with E-state index in [4.69, 9.17) is 16.3 Å². The summed E-state index contributed by atoms with van der Waals surface area (Å²) in [6, 6.07) is 7.57. The van der Waals surface area contributed by atoms with Gasteiger partial charge in [-0.3, -0.25) is 4.57 Å². The van der Waals surface area contributed by atoms with Crippen molar-refractivity contribution in [2.24, 2.45) is 7.05 Å². The predicted octanol–water partition coefficient (Wildman–Crippen LogP) is 1.02. The maximum absolute atomic E-state index is 5.92. The van der Waals surface area contributed by atoms with Crippen LogP contribution in [0.1, 0.15) is 5.82 Å². The number of halogens is 1. The molecule has 0 unspecified atom stereocenters. The molecule has 9 heteroatoms. The highest BCUT2D eigenvalue weighted by Crippen LogP contribution is 2.13. The monoisotopic (exact) mass is 291 g/mol. The molecule has 0 fully saturated rings. The predicted molar refractivity (Wildman–Crippen MR) is 69.5 cm³/mol. The number of hydrogen-bond acceptors (Lipinski definition) is 6. The molecule has 1 aromatic carbocycles. The maximum Gasteiger partial charge on any atom is 0.316 e. The summed E-state index contributed by atoms with van der Waals surface area (Å²) in [6.07, 6.45) is 1.55. The second-order valence-electron chi connectivity index (χ2n) is 3.99. The molecule has 0 saturated heterocycles. The van der Waals surface area contributed by atoms with Gasteiger partial charge in [0.05, 0.1) is 5.69 Å². The lowest BCUT2D eigenvalue weighted by molar-refractivity contribution is 0.261. The smallest absolute Gasteiger partial charge is 0.316 e. The minimum absolute atomic E-state index is 0.160. The molecular weight excluding hydrogens is 282 g/mol. The summed E-state index contributed by atoms with van der Waals surface area (Å²) in [4.78, 5) is 1.39. The van der Waals surface area contributed by atoms with Crippen molar-refractivity contribution in [1.29, 1.82) is 0 Å². The molecule has 0 bridgehead atoms. The van der Waals surface area contributed by atoms with Crippen LogP contribution in [0.5, 0.6) is 6.01 Å². The normalized spacial score (nSPS) is 10.7. The molecule has 2 heterocycles. The number of nitrogens with zero attached hydrogens (tertiary/aromatic N) is 7. The van der Waals surface area contributed by atoms with Gasteiger partial charge in [0.15, 0.2) is 6.61 Å². The summed E-state index contributed by atoms with van der Waals surface area (Å²) in [5.74, 6) is 0.438. The Bertz CT molecular complexity index is 723. The molecule has 8 nitrogen and oxygen atoms in total. The molecule has 0 atom stereocenters. The van der Waals surface area contributed by atoms with Crippen LogP contribution in [0.4, 0.5) is 0 Å². The number of tetrazole rings is 1. The Morgan fingerprint density at radius 1 is 1.30 bits per heavy atom. The van der Waals surface area contributed by atoms with Crippen LogP contribution in [0, 0.1) is 0 Å². The molecule has 102 valence electrons. The highest BCUT2D eigenvalue weighted by Gasteiger charge is 2.08. The average molecular weight is 292 g/mol. The summed E-state index contributed by atoms with van der Waals surface area (Å²) in [7, 11) is 1.78. The second kappa shape index (κ2) is 5.25. The lowest BCUT2D eigenvalue weighted by Crippen LogP contribution is -2.03. The van der Waals surface area contributed by atoms with E-state index < -0.39 is 0 Å². The summed E-state index contributed by atoms with van der Waals surface area (Å²) < 4.78 is 7.07. The molecule has 20 heavy (non-hydrogen) atoms. The van der Waals surface area contributed by atoms with Gasteiger partial charge in [-0.2, -0.15) is 0 Å². The third kappa shape index (κ3) is 2.59. The molecule has 0 aliphatic carbocycles. The molecule has 0 spiro atoms. The lowest BCUT2D eigenvalue weighted by atomic mass is 10.3. The van der Waals surface area contributed by atoms with Crippen LogP contribution in [-0.4, -0.2) is 35.0 Å². The van der Waals surface area contributed by atoms with Gasteiger partial charge in [-0.1, -0.05) is 22.8 Å². The number of aryl methyl sites for hydroxylation is 1. The minimum Gasteiger partial charge on any atom is -0.455 e. The van der Waals surface area contributed by atoms with Crippen molar-refractivity contribution in [3.63, 3.8) is 0 Å². The second-order valence-corrected chi connectivity index (χ2v) is 4.42. The summed E-state index contributed by atoms with van der Waals surface area (Å²) >= 11 is 5.92. The summed E-state index contributed by atoms with van der Waals surface area (Å²) in [6.45, 7) is 0.160. The van der Waals surface area contributed by atoms with E-state index in [-0.39, 0.29) is 6.61 Å². The van der Waals surface area contributed by atoms with Gasteiger partial charge in [0.1, 0.15) is 6.33 Å². The van der Waals surface area contributed by atoms with Crippen LogP contribution in [0.25, 0.3) is 5.69 Å². The van der Waals surface area contributed by atoms with Crippen LogP contribution >= 0.6 is 11.6 Å². The quantitative estimate of drug-likeness (QED) is 0.714. The van der Waals surface area contributed by atoms with E-state index in [9.17, 15) is 0 Å². The van der Waals surface area contributed by atoms with Crippen molar-refractivity contribution in [2.45, 2.75) is 6.61 Å². The number of benzene rings is 1. The zero-order chi connectivity index (χ0) is 13.9. The highest BCUT2D eigenvalue weighted by atomic mass is 35.5. The Morgan fingerprint density at radius 3 is 2.95 bits per heavy atom. The summed E-state index contributed by atoms with van der Waals surface area (Å²) in [5.41, 5.74) is 0.731. The molecule has 0 radical (unpaired) electrons. The molecule has 2 aromatic heterocycles. The van der Waals surface area contributed by atoms with Crippen LogP contribution in [0.2, 0.25) is 5.02 Å². The SMILES string of the molecule is Cn1cnnc1OCc1nnn(-c2cccc(Cl)c2)n1.